The van der Waals surface area contributed by atoms with Crippen LogP contribution in [0.1, 0.15) is 30.0 Å². The van der Waals surface area contributed by atoms with Crippen molar-refractivity contribution in [1.82, 2.24) is 0 Å². The molecule has 0 aromatic heterocycles. The molecule has 0 radical (unpaired) electrons. The van der Waals surface area contributed by atoms with E-state index in [1.54, 1.807) is 7.11 Å². The number of hydrogen-bond donors (Lipinski definition) is 1. The molecule has 1 aromatic rings. The molecule has 1 unspecified atom stereocenters. The predicted molar refractivity (Wildman–Crippen MR) is 63.9 cm³/mol. The molecule has 2 heteroatoms. The summed E-state index contributed by atoms with van der Waals surface area (Å²) in [5, 5.41) is 0. The van der Waals surface area contributed by atoms with Gasteiger partial charge in [0.15, 0.2) is 0 Å². The Hall–Kier alpha value is -0.860. The molecule has 84 valence electrons. The maximum absolute atomic E-state index is 6.36. The molecule has 2 N–H and O–H groups in total. The van der Waals surface area contributed by atoms with Gasteiger partial charge in [-0.05, 0) is 31.4 Å². The molecule has 0 heterocycles. The molecular formula is C13H21NO. The largest absolute Gasteiger partial charge is 0.382 e. The van der Waals surface area contributed by atoms with Crippen LogP contribution in [0.2, 0.25) is 0 Å². The van der Waals surface area contributed by atoms with E-state index >= 15 is 0 Å². The SMILES string of the molecule is CCC(N)(COC)c1ccc(C)cc1C. The lowest BCUT2D eigenvalue weighted by molar-refractivity contribution is 0.129. The molecule has 0 aliphatic rings. The molecular weight excluding hydrogens is 186 g/mol. The average molecular weight is 207 g/mol. The third-order valence-electron chi connectivity index (χ3n) is 2.95. The number of rotatable bonds is 4. The summed E-state index contributed by atoms with van der Waals surface area (Å²) in [4.78, 5) is 0. The first-order valence-corrected chi connectivity index (χ1v) is 5.39. The fraction of sp³-hybridized carbons (Fsp3) is 0.538. The Labute approximate surface area is 92.4 Å². The molecule has 0 amide bonds. The number of benzene rings is 1. The Morgan fingerprint density at radius 1 is 1.33 bits per heavy atom. The molecule has 1 rings (SSSR count). The van der Waals surface area contributed by atoms with Crippen LogP contribution in [0.15, 0.2) is 18.2 Å². The fourth-order valence-corrected chi connectivity index (χ4v) is 2.00. The van der Waals surface area contributed by atoms with Crippen LogP contribution >= 0.6 is 0 Å². The van der Waals surface area contributed by atoms with Crippen molar-refractivity contribution in [1.29, 1.82) is 0 Å². The molecule has 0 saturated heterocycles. The number of methoxy groups -OCH3 is 1. The van der Waals surface area contributed by atoms with Gasteiger partial charge < -0.3 is 10.5 Å². The van der Waals surface area contributed by atoms with Gasteiger partial charge in [0.2, 0.25) is 0 Å². The molecule has 0 saturated carbocycles. The molecule has 0 bridgehead atoms. The Bertz CT molecular complexity index is 335. The first-order valence-electron chi connectivity index (χ1n) is 5.39. The van der Waals surface area contributed by atoms with Crippen molar-refractivity contribution in [3.63, 3.8) is 0 Å². The minimum absolute atomic E-state index is 0.355. The molecule has 1 atom stereocenters. The van der Waals surface area contributed by atoms with E-state index in [0.717, 1.165) is 6.42 Å². The van der Waals surface area contributed by atoms with E-state index < -0.39 is 0 Å². The van der Waals surface area contributed by atoms with Crippen LogP contribution in [-0.2, 0) is 10.3 Å². The van der Waals surface area contributed by atoms with Gasteiger partial charge in [-0.15, -0.1) is 0 Å². The van der Waals surface area contributed by atoms with E-state index in [-0.39, 0.29) is 5.54 Å². The van der Waals surface area contributed by atoms with Crippen LogP contribution in [0.5, 0.6) is 0 Å². The smallest absolute Gasteiger partial charge is 0.0684 e. The van der Waals surface area contributed by atoms with E-state index in [9.17, 15) is 0 Å². The summed E-state index contributed by atoms with van der Waals surface area (Å²) in [5.74, 6) is 0. The minimum Gasteiger partial charge on any atom is -0.382 e. The highest BCUT2D eigenvalue weighted by atomic mass is 16.5. The van der Waals surface area contributed by atoms with Crippen LogP contribution in [0, 0.1) is 13.8 Å². The number of nitrogens with two attached hydrogens (primary N) is 1. The Morgan fingerprint density at radius 3 is 2.47 bits per heavy atom. The van der Waals surface area contributed by atoms with Gasteiger partial charge in [0, 0.05) is 7.11 Å². The van der Waals surface area contributed by atoms with Crippen LogP contribution in [0.3, 0.4) is 0 Å². The summed E-state index contributed by atoms with van der Waals surface area (Å²) in [5.41, 5.74) is 9.71. The van der Waals surface area contributed by atoms with Crippen LogP contribution in [0.4, 0.5) is 0 Å². The Morgan fingerprint density at radius 2 is 2.00 bits per heavy atom. The predicted octanol–water partition coefficient (Wildman–Crippen LogP) is 2.51. The summed E-state index contributed by atoms with van der Waals surface area (Å²) in [6.07, 6.45) is 0.880. The molecule has 0 fully saturated rings. The Balaban J connectivity index is 3.12. The van der Waals surface area contributed by atoms with E-state index in [4.69, 9.17) is 10.5 Å². The monoisotopic (exact) mass is 207 g/mol. The van der Waals surface area contributed by atoms with E-state index in [2.05, 4.69) is 39.0 Å². The summed E-state index contributed by atoms with van der Waals surface area (Å²) >= 11 is 0. The zero-order chi connectivity index (χ0) is 11.5. The normalized spacial score (nSPS) is 15.0. The van der Waals surface area contributed by atoms with E-state index in [1.807, 2.05) is 0 Å². The third-order valence-corrected chi connectivity index (χ3v) is 2.95. The topological polar surface area (TPSA) is 35.2 Å². The second-order valence-electron chi connectivity index (χ2n) is 4.26. The first-order chi connectivity index (χ1) is 7.03. The van der Waals surface area contributed by atoms with Crippen LogP contribution in [0.25, 0.3) is 0 Å². The Kier molecular flexibility index (Phi) is 3.89. The third kappa shape index (κ3) is 2.58. The van der Waals surface area contributed by atoms with Gasteiger partial charge in [0.1, 0.15) is 0 Å². The lowest BCUT2D eigenvalue weighted by atomic mass is 9.85. The standard InChI is InChI=1S/C13H21NO/c1-5-13(14,9-15-4)12-7-6-10(2)8-11(12)3/h6-8H,5,9,14H2,1-4H3. The zero-order valence-electron chi connectivity index (χ0n) is 10.1. The van der Waals surface area contributed by atoms with Crippen molar-refractivity contribution in [3.05, 3.63) is 34.9 Å². The first kappa shape index (κ1) is 12.2. The van der Waals surface area contributed by atoms with Crippen molar-refractivity contribution in [2.45, 2.75) is 32.7 Å². The molecule has 1 aromatic carbocycles. The van der Waals surface area contributed by atoms with Gasteiger partial charge in [-0.25, -0.2) is 0 Å². The molecule has 0 aliphatic heterocycles. The molecule has 2 nitrogen and oxygen atoms in total. The molecule has 0 spiro atoms. The average Bonchev–Trinajstić information content (AvgIpc) is 2.17. The lowest BCUT2D eigenvalue weighted by Gasteiger charge is -2.29. The number of ether oxygens (including phenoxy) is 1. The second-order valence-corrected chi connectivity index (χ2v) is 4.26. The van der Waals surface area contributed by atoms with Crippen molar-refractivity contribution in [3.8, 4) is 0 Å². The summed E-state index contributed by atoms with van der Waals surface area (Å²) in [7, 11) is 1.70. The van der Waals surface area contributed by atoms with Gasteiger partial charge in [-0.1, -0.05) is 30.7 Å². The van der Waals surface area contributed by atoms with Crippen LogP contribution < -0.4 is 5.73 Å². The summed E-state index contributed by atoms with van der Waals surface area (Å²) < 4.78 is 5.21. The van der Waals surface area contributed by atoms with Crippen molar-refractivity contribution in [2.75, 3.05) is 13.7 Å². The van der Waals surface area contributed by atoms with Gasteiger partial charge in [0.05, 0.1) is 12.1 Å². The number of hydrogen-bond acceptors (Lipinski definition) is 2. The quantitative estimate of drug-likeness (QED) is 0.823. The van der Waals surface area contributed by atoms with Crippen molar-refractivity contribution in [2.24, 2.45) is 5.73 Å². The van der Waals surface area contributed by atoms with Crippen molar-refractivity contribution < 1.29 is 4.74 Å². The van der Waals surface area contributed by atoms with Crippen LogP contribution in [-0.4, -0.2) is 13.7 Å². The molecule has 0 aliphatic carbocycles. The maximum atomic E-state index is 6.36. The summed E-state index contributed by atoms with van der Waals surface area (Å²) in [6.45, 7) is 6.86. The molecule has 15 heavy (non-hydrogen) atoms. The van der Waals surface area contributed by atoms with E-state index in [1.165, 1.54) is 16.7 Å². The zero-order valence-corrected chi connectivity index (χ0v) is 10.1. The van der Waals surface area contributed by atoms with Gasteiger partial charge >= 0.3 is 0 Å². The maximum Gasteiger partial charge on any atom is 0.0684 e. The van der Waals surface area contributed by atoms with Gasteiger partial charge in [-0.2, -0.15) is 0 Å². The van der Waals surface area contributed by atoms with Gasteiger partial charge in [-0.3, -0.25) is 0 Å². The highest BCUT2D eigenvalue weighted by molar-refractivity contribution is 5.35. The number of aryl methyl sites for hydroxylation is 2. The second kappa shape index (κ2) is 4.77. The highest BCUT2D eigenvalue weighted by Gasteiger charge is 2.26. The minimum atomic E-state index is -0.355. The highest BCUT2D eigenvalue weighted by Crippen LogP contribution is 2.26. The summed E-state index contributed by atoms with van der Waals surface area (Å²) in [6, 6.07) is 6.39. The fourth-order valence-electron chi connectivity index (χ4n) is 2.00. The lowest BCUT2D eigenvalue weighted by Crippen LogP contribution is -2.41. The van der Waals surface area contributed by atoms with Gasteiger partial charge in [0.25, 0.3) is 0 Å². The van der Waals surface area contributed by atoms with Crippen molar-refractivity contribution >= 4 is 0 Å². The van der Waals surface area contributed by atoms with E-state index in [0.29, 0.717) is 6.61 Å².